The third kappa shape index (κ3) is 5.78. The third-order valence-corrected chi connectivity index (χ3v) is 4.84. The SMILES string of the molecule is CCNCc1cc(S(=O)(=O)NCCCOCC2CC2)c[nH]1. The van der Waals surface area contributed by atoms with Crippen LogP contribution in [0.1, 0.15) is 31.9 Å². The van der Waals surface area contributed by atoms with E-state index in [1.165, 1.54) is 19.0 Å². The Balaban J connectivity index is 1.68. The van der Waals surface area contributed by atoms with Gasteiger partial charge in [-0.3, -0.25) is 0 Å². The maximum Gasteiger partial charge on any atom is 0.242 e. The van der Waals surface area contributed by atoms with Gasteiger partial charge in [0.25, 0.3) is 0 Å². The highest BCUT2D eigenvalue weighted by Gasteiger charge is 2.21. The van der Waals surface area contributed by atoms with Crippen molar-refractivity contribution in [3.63, 3.8) is 0 Å². The summed E-state index contributed by atoms with van der Waals surface area (Å²) in [5, 5.41) is 3.15. The minimum atomic E-state index is -3.42. The Bertz CT molecular complexity index is 523. The van der Waals surface area contributed by atoms with Gasteiger partial charge in [-0.05, 0) is 37.8 Å². The van der Waals surface area contributed by atoms with E-state index in [1.807, 2.05) is 6.92 Å². The summed E-state index contributed by atoms with van der Waals surface area (Å²) in [6.45, 7) is 5.32. The number of aromatic nitrogens is 1. The lowest BCUT2D eigenvalue weighted by Crippen LogP contribution is -2.25. The number of aromatic amines is 1. The van der Waals surface area contributed by atoms with Crippen LogP contribution in [0.2, 0.25) is 0 Å². The molecule has 0 saturated heterocycles. The summed E-state index contributed by atoms with van der Waals surface area (Å²) in [6, 6.07) is 1.66. The molecule has 0 unspecified atom stereocenters. The Morgan fingerprint density at radius 2 is 2.24 bits per heavy atom. The fourth-order valence-electron chi connectivity index (χ4n) is 1.93. The maximum atomic E-state index is 12.1. The van der Waals surface area contributed by atoms with Crippen molar-refractivity contribution in [3.8, 4) is 0 Å². The van der Waals surface area contributed by atoms with Crippen LogP contribution >= 0.6 is 0 Å². The summed E-state index contributed by atoms with van der Waals surface area (Å²) in [6.07, 6.45) is 4.77. The average Bonchev–Trinajstić information content (AvgIpc) is 3.15. The number of hydrogen-bond donors (Lipinski definition) is 3. The van der Waals surface area contributed by atoms with Crippen LogP contribution < -0.4 is 10.0 Å². The van der Waals surface area contributed by atoms with Gasteiger partial charge < -0.3 is 15.0 Å². The molecule has 0 amide bonds. The number of hydrogen-bond acceptors (Lipinski definition) is 4. The first-order valence-corrected chi connectivity index (χ1v) is 9.05. The summed E-state index contributed by atoms with van der Waals surface area (Å²) in [4.78, 5) is 3.26. The monoisotopic (exact) mass is 315 g/mol. The van der Waals surface area contributed by atoms with Crippen LogP contribution in [0.3, 0.4) is 0 Å². The lowest BCUT2D eigenvalue weighted by Gasteiger charge is -2.05. The Labute approximate surface area is 126 Å². The molecule has 1 aromatic rings. The second kappa shape index (κ2) is 7.93. The lowest BCUT2D eigenvalue weighted by molar-refractivity contribution is 0.123. The molecule has 1 aliphatic carbocycles. The molecule has 0 spiro atoms. The van der Waals surface area contributed by atoms with Crippen LogP contribution in [-0.4, -0.2) is 39.7 Å². The number of nitrogens with one attached hydrogen (secondary N) is 3. The Morgan fingerprint density at radius 1 is 1.43 bits per heavy atom. The van der Waals surface area contributed by atoms with Gasteiger partial charge in [-0.25, -0.2) is 13.1 Å². The molecule has 0 atom stereocenters. The van der Waals surface area contributed by atoms with Crippen molar-refractivity contribution in [2.75, 3.05) is 26.3 Å². The predicted molar refractivity (Wildman–Crippen MR) is 81.5 cm³/mol. The smallest absolute Gasteiger partial charge is 0.242 e. The van der Waals surface area contributed by atoms with E-state index in [4.69, 9.17) is 4.74 Å². The maximum absolute atomic E-state index is 12.1. The van der Waals surface area contributed by atoms with E-state index in [1.54, 1.807) is 6.07 Å². The quantitative estimate of drug-likeness (QED) is 0.536. The van der Waals surface area contributed by atoms with E-state index >= 15 is 0 Å². The Kier molecular flexibility index (Phi) is 6.22. The van der Waals surface area contributed by atoms with Gasteiger partial charge in [0.2, 0.25) is 10.0 Å². The van der Waals surface area contributed by atoms with Crippen molar-refractivity contribution in [3.05, 3.63) is 18.0 Å². The van der Waals surface area contributed by atoms with E-state index < -0.39 is 10.0 Å². The van der Waals surface area contributed by atoms with E-state index in [0.717, 1.165) is 24.8 Å². The zero-order chi connectivity index (χ0) is 15.1. The summed E-state index contributed by atoms with van der Waals surface area (Å²) < 4.78 is 32.2. The molecule has 0 radical (unpaired) electrons. The van der Waals surface area contributed by atoms with Crippen molar-refractivity contribution in [1.82, 2.24) is 15.0 Å². The fraction of sp³-hybridized carbons (Fsp3) is 0.714. The van der Waals surface area contributed by atoms with Crippen molar-refractivity contribution in [2.45, 2.75) is 37.6 Å². The van der Waals surface area contributed by atoms with Crippen LogP contribution in [0.5, 0.6) is 0 Å². The molecule has 21 heavy (non-hydrogen) atoms. The lowest BCUT2D eigenvalue weighted by atomic mass is 10.4. The molecule has 120 valence electrons. The molecule has 3 N–H and O–H groups in total. The number of rotatable bonds is 11. The van der Waals surface area contributed by atoms with Gasteiger partial charge >= 0.3 is 0 Å². The van der Waals surface area contributed by atoms with Crippen molar-refractivity contribution >= 4 is 10.0 Å². The molecule has 1 heterocycles. The van der Waals surface area contributed by atoms with Gasteiger partial charge in [0.1, 0.15) is 0 Å². The first kappa shape index (κ1) is 16.5. The van der Waals surface area contributed by atoms with Crippen molar-refractivity contribution < 1.29 is 13.2 Å². The predicted octanol–water partition coefficient (Wildman–Crippen LogP) is 1.22. The Morgan fingerprint density at radius 3 is 2.95 bits per heavy atom. The first-order valence-electron chi connectivity index (χ1n) is 7.57. The van der Waals surface area contributed by atoms with Gasteiger partial charge in [0, 0.05) is 38.2 Å². The van der Waals surface area contributed by atoms with Gasteiger partial charge in [-0.1, -0.05) is 6.92 Å². The molecule has 7 heteroatoms. The van der Waals surface area contributed by atoms with Crippen molar-refractivity contribution in [1.29, 1.82) is 0 Å². The summed E-state index contributed by atoms with van der Waals surface area (Å²) in [5.41, 5.74) is 0.866. The van der Waals surface area contributed by atoms with Crippen LogP contribution in [0.25, 0.3) is 0 Å². The standard InChI is InChI=1S/C14H25N3O3S/c1-2-15-9-13-8-14(10-16-13)21(18,19)17-6-3-7-20-11-12-4-5-12/h8,10,12,15-17H,2-7,9,11H2,1H3. The second-order valence-electron chi connectivity index (χ2n) is 5.41. The number of sulfonamides is 1. The number of H-pyrrole nitrogens is 1. The summed E-state index contributed by atoms with van der Waals surface area (Å²) >= 11 is 0. The van der Waals surface area contributed by atoms with Gasteiger partial charge in [0.15, 0.2) is 0 Å². The molecular weight excluding hydrogens is 290 g/mol. The molecule has 0 aliphatic heterocycles. The molecule has 1 fully saturated rings. The molecule has 1 aromatic heterocycles. The zero-order valence-corrected chi connectivity index (χ0v) is 13.3. The molecule has 6 nitrogen and oxygen atoms in total. The second-order valence-corrected chi connectivity index (χ2v) is 7.18. The van der Waals surface area contributed by atoms with Crippen LogP contribution in [-0.2, 0) is 21.3 Å². The molecule has 2 rings (SSSR count). The van der Waals surface area contributed by atoms with E-state index in [0.29, 0.717) is 26.1 Å². The molecule has 0 bridgehead atoms. The highest BCUT2D eigenvalue weighted by Crippen LogP contribution is 2.28. The van der Waals surface area contributed by atoms with E-state index in [-0.39, 0.29) is 4.90 Å². The minimum absolute atomic E-state index is 0.286. The van der Waals surface area contributed by atoms with Gasteiger partial charge in [0.05, 0.1) is 4.90 Å². The van der Waals surface area contributed by atoms with Crippen molar-refractivity contribution in [2.24, 2.45) is 5.92 Å². The molecule has 1 saturated carbocycles. The summed E-state index contributed by atoms with van der Waals surface area (Å²) in [5.74, 6) is 0.747. The fourth-order valence-corrected chi connectivity index (χ4v) is 3.03. The normalized spacial score (nSPS) is 15.5. The summed E-state index contributed by atoms with van der Waals surface area (Å²) in [7, 11) is -3.42. The van der Waals surface area contributed by atoms with Gasteiger partial charge in [-0.15, -0.1) is 0 Å². The largest absolute Gasteiger partial charge is 0.381 e. The molecule has 1 aliphatic rings. The topological polar surface area (TPSA) is 83.2 Å². The number of ether oxygens (including phenoxy) is 1. The van der Waals surface area contributed by atoms with Crippen LogP contribution in [0, 0.1) is 5.92 Å². The average molecular weight is 315 g/mol. The van der Waals surface area contributed by atoms with E-state index in [2.05, 4.69) is 15.0 Å². The zero-order valence-electron chi connectivity index (χ0n) is 12.5. The first-order chi connectivity index (χ1) is 10.1. The van der Waals surface area contributed by atoms with Crippen LogP contribution in [0.4, 0.5) is 0 Å². The molecule has 0 aromatic carbocycles. The van der Waals surface area contributed by atoms with Crippen LogP contribution in [0.15, 0.2) is 17.2 Å². The highest BCUT2D eigenvalue weighted by molar-refractivity contribution is 7.89. The highest BCUT2D eigenvalue weighted by atomic mass is 32.2. The van der Waals surface area contributed by atoms with E-state index in [9.17, 15) is 8.42 Å². The Hall–Kier alpha value is -0.890. The minimum Gasteiger partial charge on any atom is -0.381 e. The third-order valence-electron chi connectivity index (χ3n) is 3.40. The van der Waals surface area contributed by atoms with Gasteiger partial charge in [-0.2, -0.15) is 0 Å². The molecular formula is C14H25N3O3S.